The van der Waals surface area contributed by atoms with Crippen molar-refractivity contribution in [3.05, 3.63) is 57.3 Å². The van der Waals surface area contributed by atoms with Crippen LogP contribution < -0.4 is 19.8 Å². The molecule has 0 saturated heterocycles. The monoisotopic (exact) mass is 340 g/mol. The van der Waals surface area contributed by atoms with E-state index in [1.165, 1.54) is 6.33 Å². The minimum atomic E-state index is -0.421. The van der Waals surface area contributed by atoms with Gasteiger partial charge in [0, 0.05) is 22.9 Å². The van der Waals surface area contributed by atoms with Crippen molar-refractivity contribution in [1.29, 1.82) is 0 Å². The smallest absolute Gasteiger partial charge is 0.258 e. The summed E-state index contributed by atoms with van der Waals surface area (Å²) in [5, 5.41) is 7.10. The lowest BCUT2D eigenvalue weighted by molar-refractivity contribution is 0.386. The summed E-state index contributed by atoms with van der Waals surface area (Å²) >= 11 is 0. The summed E-state index contributed by atoms with van der Waals surface area (Å²) in [5.41, 5.74) is 2.56. The maximum atomic E-state index is 12.5. The van der Waals surface area contributed by atoms with E-state index in [1.807, 2.05) is 19.1 Å². The van der Waals surface area contributed by atoms with Gasteiger partial charge in [-0.15, -0.1) is 5.10 Å². The minimum absolute atomic E-state index is 0.241. The molecule has 1 unspecified atom stereocenters. The van der Waals surface area contributed by atoms with Crippen LogP contribution in [0.4, 0.5) is 0 Å². The fraction of sp³-hybridized carbons (Fsp3) is 0.235. The van der Waals surface area contributed by atoms with Crippen LogP contribution in [0.5, 0.6) is 23.3 Å². The molecule has 0 aliphatic carbocycles. The number of aromatic nitrogens is 4. The van der Waals surface area contributed by atoms with Crippen LogP contribution in [0.3, 0.4) is 0 Å². The molecule has 25 heavy (non-hydrogen) atoms. The topological polar surface area (TPSA) is 102 Å². The van der Waals surface area contributed by atoms with Gasteiger partial charge in [0.1, 0.15) is 11.5 Å². The molecule has 2 aromatic heterocycles. The zero-order valence-electron chi connectivity index (χ0n) is 13.9. The Morgan fingerprint density at radius 3 is 2.76 bits per heavy atom. The second kappa shape index (κ2) is 5.66. The van der Waals surface area contributed by atoms with Gasteiger partial charge in [0.05, 0.1) is 32.0 Å². The van der Waals surface area contributed by atoms with Crippen molar-refractivity contribution in [2.24, 2.45) is 0 Å². The summed E-state index contributed by atoms with van der Waals surface area (Å²) in [4.78, 5) is 19.3. The van der Waals surface area contributed by atoms with E-state index in [-0.39, 0.29) is 11.4 Å². The molecule has 0 radical (unpaired) electrons. The van der Waals surface area contributed by atoms with Crippen LogP contribution in [0, 0.1) is 6.92 Å². The van der Waals surface area contributed by atoms with Gasteiger partial charge < -0.3 is 19.2 Å². The second-order valence-corrected chi connectivity index (χ2v) is 5.66. The molecule has 8 nitrogen and oxygen atoms in total. The molecule has 1 aliphatic heterocycles. The standard InChI is InChI=1S/C17H16N4O4/c1-8-12-13(10-5-4-9(23-2)6-11(10)24-3)14-15(22)18-7-19-16(14)25-17(12)21-20-8/h4-7,13H,1-3H3,(H,20,21)(H,18,19,22). The van der Waals surface area contributed by atoms with E-state index in [0.717, 1.165) is 16.8 Å². The molecule has 3 heterocycles. The fourth-order valence-corrected chi connectivity index (χ4v) is 3.17. The van der Waals surface area contributed by atoms with Gasteiger partial charge in [-0.1, -0.05) is 6.07 Å². The van der Waals surface area contributed by atoms with Gasteiger partial charge in [-0.25, -0.2) is 4.98 Å². The largest absolute Gasteiger partial charge is 0.497 e. The summed E-state index contributed by atoms with van der Waals surface area (Å²) in [7, 11) is 3.17. The summed E-state index contributed by atoms with van der Waals surface area (Å²) in [6.07, 6.45) is 1.31. The Morgan fingerprint density at radius 1 is 1.16 bits per heavy atom. The SMILES string of the molecule is COc1ccc(C2c3c(n[nH]c3C)Oc3nc[nH]c(=O)c32)c(OC)c1. The Balaban J connectivity index is 2.02. The van der Waals surface area contributed by atoms with Crippen molar-refractivity contribution in [3.8, 4) is 23.3 Å². The van der Waals surface area contributed by atoms with Crippen molar-refractivity contribution in [3.63, 3.8) is 0 Å². The number of aromatic amines is 2. The van der Waals surface area contributed by atoms with E-state index >= 15 is 0 Å². The van der Waals surface area contributed by atoms with Gasteiger partial charge in [0.15, 0.2) is 0 Å². The number of ether oxygens (including phenoxy) is 3. The van der Waals surface area contributed by atoms with Crippen LogP contribution in [-0.4, -0.2) is 34.4 Å². The number of aryl methyl sites for hydroxylation is 1. The number of benzene rings is 1. The van der Waals surface area contributed by atoms with E-state index in [0.29, 0.717) is 22.9 Å². The predicted molar refractivity (Wildman–Crippen MR) is 88.7 cm³/mol. The molecular formula is C17H16N4O4. The van der Waals surface area contributed by atoms with Gasteiger partial charge in [0.2, 0.25) is 11.8 Å². The van der Waals surface area contributed by atoms with Crippen molar-refractivity contribution in [2.75, 3.05) is 14.2 Å². The molecule has 0 saturated carbocycles. The molecule has 1 aromatic carbocycles. The van der Waals surface area contributed by atoms with Crippen LogP contribution in [0.15, 0.2) is 29.3 Å². The van der Waals surface area contributed by atoms with Gasteiger partial charge in [-0.05, 0) is 13.0 Å². The lowest BCUT2D eigenvalue weighted by atomic mass is 9.84. The molecule has 2 N–H and O–H groups in total. The minimum Gasteiger partial charge on any atom is -0.497 e. The zero-order chi connectivity index (χ0) is 17.6. The second-order valence-electron chi connectivity index (χ2n) is 5.66. The highest BCUT2D eigenvalue weighted by Gasteiger charge is 2.37. The third-order valence-corrected chi connectivity index (χ3v) is 4.33. The highest BCUT2D eigenvalue weighted by atomic mass is 16.5. The van der Waals surface area contributed by atoms with Gasteiger partial charge in [0.25, 0.3) is 5.56 Å². The molecule has 8 heteroatoms. The van der Waals surface area contributed by atoms with E-state index in [4.69, 9.17) is 14.2 Å². The van der Waals surface area contributed by atoms with E-state index in [1.54, 1.807) is 20.3 Å². The fourth-order valence-electron chi connectivity index (χ4n) is 3.17. The number of nitrogens with zero attached hydrogens (tertiary/aromatic N) is 2. The quantitative estimate of drug-likeness (QED) is 0.592. The number of hydrogen-bond acceptors (Lipinski definition) is 6. The maximum absolute atomic E-state index is 12.5. The first kappa shape index (κ1) is 15.3. The lowest BCUT2D eigenvalue weighted by Gasteiger charge is -2.25. The Morgan fingerprint density at radius 2 is 2.00 bits per heavy atom. The molecule has 0 amide bonds. The number of fused-ring (bicyclic) bond motifs is 2. The maximum Gasteiger partial charge on any atom is 0.258 e. The van der Waals surface area contributed by atoms with Gasteiger partial charge in [-0.3, -0.25) is 9.89 Å². The zero-order valence-corrected chi connectivity index (χ0v) is 13.9. The Labute approximate surface area is 142 Å². The average Bonchev–Trinajstić information content (AvgIpc) is 3.00. The Kier molecular flexibility index (Phi) is 3.45. The highest BCUT2D eigenvalue weighted by molar-refractivity contribution is 5.58. The molecule has 0 fully saturated rings. The number of hydrogen-bond donors (Lipinski definition) is 2. The summed E-state index contributed by atoms with van der Waals surface area (Å²) in [6, 6.07) is 5.48. The first-order chi connectivity index (χ1) is 12.1. The predicted octanol–water partition coefficient (Wildman–Crippen LogP) is 2.10. The van der Waals surface area contributed by atoms with Crippen molar-refractivity contribution in [2.45, 2.75) is 12.8 Å². The first-order valence-corrected chi connectivity index (χ1v) is 7.66. The van der Waals surface area contributed by atoms with Crippen LogP contribution in [0.2, 0.25) is 0 Å². The van der Waals surface area contributed by atoms with Crippen molar-refractivity contribution >= 4 is 0 Å². The number of rotatable bonds is 3. The number of nitrogens with one attached hydrogen (secondary N) is 2. The molecule has 128 valence electrons. The van der Waals surface area contributed by atoms with Gasteiger partial charge in [-0.2, -0.15) is 0 Å². The van der Waals surface area contributed by atoms with Crippen LogP contribution in [0.25, 0.3) is 0 Å². The van der Waals surface area contributed by atoms with E-state index in [9.17, 15) is 4.79 Å². The molecule has 3 aromatic rings. The van der Waals surface area contributed by atoms with Crippen LogP contribution in [-0.2, 0) is 0 Å². The molecule has 1 atom stereocenters. The number of H-pyrrole nitrogens is 2. The molecule has 0 spiro atoms. The van der Waals surface area contributed by atoms with Gasteiger partial charge >= 0.3 is 0 Å². The van der Waals surface area contributed by atoms with Crippen molar-refractivity contribution < 1.29 is 14.2 Å². The third-order valence-electron chi connectivity index (χ3n) is 4.33. The summed E-state index contributed by atoms with van der Waals surface area (Å²) in [6.45, 7) is 1.88. The number of methoxy groups -OCH3 is 2. The third kappa shape index (κ3) is 2.25. The molecule has 0 bridgehead atoms. The van der Waals surface area contributed by atoms with E-state index < -0.39 is 5.92 Å². The Hall–Kier alpha value is -3.29. The summed E-state index contributed by atoms with van der Waals surface area (Å²) in [5.74, 6) is 1.50. The molecular weight excluding hydrogens is 324 g/mol. The molecule has 4 rings (SSSR count). The van der Waals surface area contributed by atoms with Crippen LogP contribution >= 0.6 is 0 Å². The Bertz CT molecular complexity index is 1010. The van der Waals surface area contributed by atoms with Crippen LogP contribution in [0.1, 0.15) is 28.3 Å². The highest BCUT2D eigenvalue weighted by Crippen LogP contribution is 2.47. The average molecular weight is 340 g/mol. The summed E-state index contributed by atoms with van der Waals surface area (Å²) < 4.78 is 16.5. The van der Waals surface area contributed by atoms with E-state index in [2.05, 4.69) is 20.2 Å². The first-order valence-electron chi connectivity index (χ1n) is 7.66. The van der Waals surface area contributed by atoms with Crippen molar-refractivity contribution in [1.82, 2.24) is 20.2 Å². The normalized spacial score (nSPS) is 15.1. The lowest BCUT2D eigenvalue weighted by Crippen LogP contribution is -2.23. The molecule has 1 aliphatic rings.